The summed E-state index contributed by atoms with van der Waals surface area (Å²) in [5.41, 5.74) is 0. The van der Waals surface area contributed by atoms with Gasteiger partial charge in [0.25, 0.3) is 0 Å². The predicted octanol–water partition coefficient (Wildman–Crippen LogP) is 0.406. The Labute approximate surface area is 61.3 Å². The molecule has 1 fully saturated rings. The molecule has 0 bridgehead atoms. The van der Waals surface area contributed by atoms with Crippen LogP contribution in [0.3, 0.4) is 0 Å². The van der Waals surface area contributed by atoms with E-state index in [9.17, 15) is 0 Å². The minimum atomic E-state index is 0. The van der Waals surface area contributed by atoms with Crippen LogP contribution in [-0.4, -0.2) is 24.3 Å². The standard InChI is InChI=1S/C5H11N3.ClH/c1-8-4-2-3-5(8)7-6;/h2-4,6H2,1H3;1H/b7-5+;. The Kier molecular flexibility index (Phi) is 3.39. The zero-order valence-electron chi connectivity index (χ0n) is 5.50. The molecule has 9 heavy (non-hydrogen) atoms. The maximum Gasteiger partial charge on any atom is 0.124 e. The van der Waals surface area contributed by atoms with Crippen LogP contribution in [0.4, 0.5) is 0 Å². The SMILES string of the molecule is CN1CCC/C1=N\N.Cl. The zero-order chi connectivity index (χ0) is 5.98. The topological polar surface area (TPSA) is 41.6 Å². The first kappa shape index (κ1) is 8.56. The fourth-order valence-electron chi connectivity index (χ4n) is 0.957. The lowest BCUT2D eigenvalue weighted by Crippen LogP contribution is -2.20. The van der Waals surface area contributed by atoms with Crippen molar-refractivity contribution in [2.75, 3.05) is 13.6 Å². The summed E-state index contributed by atoms with van der Waals surface area (Å²) < 4.78 is 0. The molecule has 0 aromatic heterocycles. The van der Waals surface area contributed by atoms with E-state index in [1.165, 1.54) is 6.42 Å². The molecule has 4 heteroatoms. The summed E-state index contributed by atoms with van der Waals surface area (Å²) in [7, 11) is 2.01. The summed E-state index contributed by atoms with van der Waals surface area (Å²) in [6.45, 7) is 1.11. The van der Waals surface area contributed by atoms with Crippen LogP contribution < -0.4 is 5.84 Å². The highest BCUT2D eigenvalue weighted by atomic mass is 35.5. The number of amidine groups is 1. The molecular weight excluding hydrogens is 138 g/mol. The Morgan fingerprint density at radius 3 is 2.56 bits per heavy atom. The van der Waals surface area contributed by atoms with Gasteiger partial charge in [-0.05, 0) is 6.42 Å². The minimum Gasteiger partial charge on any atom is -0.362 e. The highest BCUT2D eigenvalue weighted by Gasteiger charge is 2.12. The smallest absolute Gasteiger partial charge is 0.124 e. The molecule has 0 unspecified atom stereocenters. The van der Waals surface area contributed by atoms with Gasteiger partial charge in [-0.3, -0.25) is 0 Å². The maximum absolute atomic E-state index is 5.07. The summed E-state index contributed by atoms with van der Waals surface area (Å²) in [5.74, 6) is 6.10. The van der Waals surface area contributed by atoms with Crippen LogP contribution in [-0.2, 0) is 0 Å². The lowest BCUT2D eigenvalue weighted by Gasteiger charge is -2.08. The number of halogens is 1. The Morgan fingerprint density at radius 1 is 1.67 bits per heavy atom. The molecule has 54 valence electrons. The van der Waals surface area contributed by atoms with Crippen molar-refractivity contribution < 1.29 is 0 Å². The van der Waals surface area contributed by atoms with Gasteiger partial charge in [0, 0.05) is 20.0 Å². The summed E-state index contributed by atoms with van der Waals surface area (Å²) in [4.78, 5) is 2.08. The molecule has 0 aromatic carbocycles. The van der Waals surface area contributed by atoms with Gasteiger partial charge < -0.3 is 10.7 Å². The number of hydrogen-bond donors (Lipinski definition) is 1. The molecular formula is C5H12ClN3. The molecule has 0 aliphatic carbocycles. The van der Waals surface area contributed by atoms with Crippen LogP contribution in [0.2, 0.25) is 0 Å². The molecule has 0 radical (unpaired) electrons. The third kappa shape index (κ3) is 1.75. The van der Waals surface area contributed by atoms with Crippen molar-refractivity contribution in [3.8, 4) is 0 Å². The van der Waals surface area contributed by atoms with Crippen LogP contribution in [0.15, 0.2) is 5.10 Å². The van der Waals surface area contributed by atoms with Gasteiger partial charge in [0.1, 0.15) is 5.84 Å². The van der Waals surface area contributed by atoms with Gasteiger partial charge in [0.2, 0.25) is 0 Å². The van der Waals surface area contributed by atoms with Gasteiger partial charge in [-0.2, -0.15) is 5.10 Å². The normalized spacial score (nSPS) is 22.3. The number of rotatable bonds is 0. The molecule has 1 saturated heterocycles. The van der Waals surface area contributed by atoms with E-state index < -0.39 is 0 Å². The average Bonchev–Trinajstić information content (AvgIpc) is 2.14. The predicted molar refractivity (Wildman–Crippen MR) is 40.7 cm³/mol. The van der Waals surface area contributed by atoms with E-state index in [1.54, 1.807) is 0 Å². The third-order valence-corrected chi connectivity index (χ3v) is 1.48. The van der Waals surface area contributed by atoms with Crippen molar-refractivity contribution in [3.63, 3.8) is 0 Å². The lowest BCUT2D eigenvalue weighted by atomic mass is 10.4. The Bertz CT molecular complexity index is 113. The van der Waals surface area contributed by atoms with E-state index in [4.69, 9.17) is 5.84 Å². The van der Waals surface area contributed by atoms with E-state index in [-0.39, 0.29) is 12.4 Å². The number of nitrogens with zero attached hydrogens (tertiary/aromatic N) is 2. The van der Waals surface area contributed by atoms with Crippen molar-refractivity contribution >= 4 is 18.2 Å². The maximum atomic E-state index is 5.07. The lowest BCUT2D eigenvalue weighted by molar-refractivity contribution is 0.548. The number of nitrogens with two attached hydrogens (primary N) is 1. The Morgan fingerprint density at radius 2 is 2.33 bits per heavy atom. The van der Waals surface area contributed by atoms with Crippen LogP contribution in [0.5, 0.6) is 0 Å². The molecule has 1 heterocycles. The molecule has 0 aromatic rings. The van der Waals surface area contributed by atoms with Crippen LogP contribution >= 0.6 is 12.4 Å². The first-order valence-electron chi connectivity index (χ1n) is 2.82. The van der Waals surface area contributed by atoms with E-state index in [2.05, 4.69) is 10.0 Å². The van der Waals surface area contributed by atoms with Crippen LogP contribution in [0, 0.1) is 0 Å². The van der Waals surface area contributed by atoms with Crippen LogP contribution in [0.1, 0.15) is 12.8 Å². The molecule has 0 saturated carbocycles. The van der Waals surface area contributed by atoms with Gasteiger partial charge in [-0.15, -0.1) is 12.4 Å². The Balaban J connectivity index is 0.000000640. The first-order valence-corrected chi connectivity index (χ1v) is 2.82. The Hall–Kier alpha value is -0.440. The zero-order valence-corrected chi connectivity index (χ0v) is 6.32. The second-order valence-electron chi connectivity index (χ2n) is 2.07. The molecule has 1 aliphatic rings. The van der Waals surface area contributed by atoms with Crippen molar-refractivity contribution in [1.29, 1.82) is 0 Å². The molecule has 1 aliphatic heterocycles. The molecule has 3 nitrogen and oxygen atoms in total. The molecule has 2 N–H and O–H groups in total. The fraction of sp³-hybridized carbons (Fsp3) is 0.800. The van der Waals surface area contributed by atoms with Crippen molar-refractivity contribution in [2.24, 2.45) is 10.9 Å². The van der Waals surface area contributed by atoms with Crippen molar-refractivity contribution in [2.45, 2.75) is 12.8 Å². The fourth-order valence-corrected chi connectivity index (χ4v) is 0.957. The first-order chi connectivity index (χ1) is 3.84. The average molecular weight is 150 g/mol. The number of hydrazone groups is 1. The van der Waals surface area contributed by atoms with E-state index in [0.717, 1.165) is 18.8 Å². The number of likely N-dealkylation sites (tertiary alicyclic amines) is 1. The minimum absolute atomic E-state index is 0. The second kappa shape index (κ2) is 3.56. The van der Waals surface area contributed by atoms with Crippen molar-refractivity contribution in [1.82, 2.24) is 4.90 Å². The van der Waals surface area contributed by atoms with Crippen molar-refractivity contribution in [3.05, 3.63) is 0 Å². The highest BCUT2D eigenvalue weighted by Crippen LogP contribution is 2.06. The quantitative estimate of drug-likeness (QED) is 0.400. The largest absolute Gasteiger partial charge is 0.362 e. The molecule has 0 atom stereocenters. The van der Waals surface area contributed by atoms with Gasteiger partial charge in [0.15, 0.2) is 0 Å². The summed E-state index contributed by atoms with van der Waals surface area (Å²) in [6.07, 6.45) is 2.25. The third-order valence-electron chi connectivity index (χ3n) is 1.48. The van der Waals surface area contributed by atoms with E-state index >= 15 is 0 Å². The number of hydrogen-bond acceptors (Lipinski definition) is 2. The monoisotopic (exact) mass is 149 g/mol. The summed E-state index contributed by atoms with van der Waals surface area (Å²) >= 11 is 0. The van der Waals surface area contributed by atoms with E-state index in [1.807, 2.05) is 7.05 Å². The molecule has 0 spiro atoms. The van der Waals surface area contributed by atoms with Gasteiger partial charge in [0.05, 0.1) is 0 Å². The summed E-state index contributed by atoms with van der Waals surface area (Å²) in [5, 5.41) is 3.61. The van der Waals surface area contributed by atoms with Crippen LogP contribution in [0.25, 0.3) is 0 Å². The van der Waals surface area contributed by atoms with Gasteiger partial charge >= 0.3 is 0 Å². The van der Waals surface area contributed by atoms with Gasteiger partial charge in [-0.1, -0.05) is 0 Å². The van der Waals surface area contributed by atoms with E-state index in [0.29, 0.717) is 0 Å². The molecule has 1 rings (SSSR count). The molecule has 0 amide bonds. The summed E-state index contributed by atoms with van der Waals surface area (Å²) in [6, 6.07) is 0. The highest BCUT2D eigenvalue weighted by molar-refractivity contribution is 5.85. The second-order valence-corrected chi connectivity index (χ2v) is 2.07. The van der Waals surface area contributed by atoms with Gasteiger partial charge in [-0.25, -0.2) is 0 Å².